The molecule has 244 valence electrons. The van der Waals surface area contributed by atoms with Gasteiger partial charge in [0.25, 0.3) is 11.8 Å². The largest absolute Gasteiger partial charge is 0.493 e. The van der Waals surface area contributed by atoms with Crippen LogP contribution in [0.1, 0.15) is 29.3 Å². The van der Waals surface area contributed by atoms with Crippen molar-refractivity contribution in [2.45, 2.75) is 28.4 Å². The van der Waals surface area contributed by atoms with E-state index < -0.39 is 27.1 Å². The molecular weight excluding hydrogens is 641 g/mol. The number of nitrogens with two attached hydrogens (primary N) is 1. The average Bonchev–Trinajstić information content (AvgIpc) is 3.07. The number of primary sulfonamides is 1. The van der Waals surface area contributed by atoms with Crippen molar-refractivity contribution in [3.05, 3.63) is 114 Å². The summed E-state index contributed by atoms with van der Waals surface area (Å²) < 4.78 is 33.7. The van der Waals surface area contributed by atoms with E-state index in [-0.39, 0.29) is 16.5 Å². The summed E-state index contributed by atoms with van der Waals surface area (Å²) >= 11 is 1.30. The molecule has 0 fully saturated rings. The molecule has 4 aromatic carbocycles. The Bertz CT molecular complexity index is 1880. The molecule has 0 aliphatic rings. The lowest BCUT2D eigenvalue weighted by molar-refractivity contribution is -0.116. The van der Waals surface area contributed by atoms with Gasteiger partial charge in [-0.1, -0.05) is 37.3 Å². The Labute approximate surface area is 277 Å². The zero-order valence-electron chi connectivity index (χ0n) is 25.9. The van der Waals surface area contributed by atoms with Crippen LogP contribution in [0.3, 0.4) is 0 Å². The van der Waals surface area contributed by atoms with Crippen molar-refractivity contribution >= 4 is 57.0 Å². The van der Waals surface area contributed by atoms with E-state index in [9.17, 15) is 22.8 Å². The number of ether oxygens (including phenoxy) is 2. The van der Waals surface area contributed by atoms with E-state index in [1.54, 1.807) is 66.7 Å². The second-order valence-electron chi connectivity index (χ2n) is 10.0. The van der Waals surface area contributed by atoms with Gasteiger partial charge in [-0.2, -0.15) is 0 Å². The first-order valence-electron chi connectivity index (χ1n) is 14.3. The van der Waals surface area contributed by atoms with Crippen LogP contribution in [0.15, 0.2) is 113 Å². The first-order chi connectivity index (χ1) is 22.5. The molecule has 3 amide bonds. The SMILES string of the molecule is CCC(Sc1cccc(NC(=O)/C(=C\c2ccc(OC)c(OC)c2)NC(=O)c2ccccc2)c1)C(=O)Nc1ccc(S(N)(=O)=O)cc1. The average molecular weight is 675 g/mol. The number of carbonyl (C=O) groups is 3. The highest BCUT2D eigenvalue weighted by Gasteiger charge is 2.20. The molecule has 0 radical (unpaired) electrons. The Hall–Kier alpha value is -5.11. The third kappa shape index (κ3) is 9.69. The monoisotopic (exact) mass is 674 g/mol. The molecule has 11 nitrogen and oxygen atoms in total. The summed E-state index contributed by atoms with van der Waals surface area (Å²) in [5.74, 6) is -0.349. The van der Waals surface area contributed by atoms with E-state index in [4.69, 9.17) is 14.6 Å². The maximum atomic E-state index is 13.6. The molecule has 0 spiro atoms. The van der Waals surface area contributed by atoms with Crippen LogP contribution in [0, 0.1) is 0 Å². The quantitative estimate of drug-likeness (QED) is 0.110. The summed E-state index contributed by atoms with van der Waals surface area (Å²) in [4.78, 5) is 40.3. The van der Waals surface area contributed by atoms with Crippen molar-refractivity contribution in [2.24, 2.45) is 5.14 Å². The number of sulfonamides is 1. The number of anilines is 2. The number of amides is 3. The fourth-order valence-electron chi connectivity index (χ4n) is 4.33. The van der Waals surface area contributed by atoms with Crippen molar-refractivity contribution in [1.29, 1.82) is 0 Å². The molecule has 4 rings (SSSR count). The summed E-state index contributed by atoms with van der Waals surface area (Å²) in [6, 6.07) is 26.2. The standard InChI is InChI=1S/C34H34N4O7S2/c1-4-31(34(41)36-24-14-16-27(17-15-24)47(35,42)43)46-26-12-8-11-25(21-26)37-33(40)28(38-32(39)23-9-6-5-7-10-23)19-22-13-18-29(44-2)30(20-22)45-3/h5-21,31H,4H2,1-3H3,(H,36,41)(H,37,40)(H,38,39)(H2,35,42,43)/b28-19+. The van der Waals surface area contributed by atoms with Crippen LogP contribution in [0.5, 0.6) is 11.5 Å². The van der Waals surface area contributed by atoms with Gasteiger partial charge in [0, 0.05) is 21.8 Å². The van der Waals surface area contributed by atoms with Crippen LogP contribution in [-0.4, -0.2) is 45.6 Å². The number of nitrogens with one attached hydrogen (secondary N) is 3. The van der Waals surface area contributed by atoms with Gasteiger partial charge in [-0.3, -0.25) is 14.4 Å². The minimum Gasteiger partial charge on any atom is -0.493 e. The molecule has 0 aromatic heterocycles. The fraction of sp³-hybridized carbons (Fsp3) is 0.147. The molecular formula is C34H34N4O7S2. The number of hydrogen-bond acceptors (Lipinski definition) is 8. The van der Waals surface area contributed by atoms with E-state index in [0.29, 0.717) is 45.3 Å². The van der Waals surface area contributed by atoms with Gasteiger partial charge in [-0.15, -0.1) is 11.8 Å². The number of hydrogen-bond donors (Lipinski definition) is 4. The van der Waals surface area contributed by atoms with Gasteiger partial charge in [0.2, 0.25) is 15.9 Å². The van der Waals surface area contributed by atoms with Crippen molar-refractivity contribution in [3.63, 3.8) is 0 Å². The summed E-state index contributed by atoms with van der Waals surface area (Å²) in [7, 11) is -0.828. The summed E-state index contributed by atoms with van der Waals surface area (Å²) in [5, 5.41) is 13.0. The topological polar surface area (TPSA) is 166 Å². The Morgan fingerprint density at radius 2 is 1.53 bits per heavy atom. The Morgan fingerprint density at radius 1 is 0.830 bits per heavy atom. The van der Waals surface area contributed by atoms with Crippen LogP contribution < -0.4 is 30.6 Å². The van der Waals surface area contributed by atoms with Crippen molar-refractivity contribution in [3.8, 4) is 11.5 Å². The lowest BCUT2D eigenvalue weighted by Crippen LogP contribution is -2.30. The molecule has 0 saturated carbocycles. The summed E-state index contributed by atoms with van der Waals surface area (Å²) in [5.41, 5.74) is 1.82. The number of benzene rings is 4. The van der Waals surface area contributed by atoms with Crippen LogP contribution in [0.4, 0.5) is 11.4 Å². The third-order valence-corrected chi connectivity index (χ3v) is 9.02. The summed E-state index contributed by atoms with van der Waals surface area (Å²) in [6.07, 6.45) is 2.02. The van der Waals surface area contributed by atoms with Crippen molar-refractivity contribution in [1.82, 2.24) is 5.32 Å². The van der Waals surface area contributed by atoms with Gasteiger partial charge >= 0.3 is 0 Å². The molecule has 5 N–H and O–H groups in total. The Kier molecular flexibility index (Phi) is 11.8. The van der Waals surface area contributed by atoms with Gasteiger partial charge in [-0.25, -0.2) is 13.6 Å². The molecule has 0 saturated heterocycles. The lowest BCUT2D eigenvalue weighted by Gasteiger charge is -2.16. The van der Waals surface area contributed by atoms with Crippen molar-refractivity contribution in [2.75, 3.05) is 24.9 Å². The zero-order valence-corrected chi connectivity index (χ0v) is 27.5. The first-order valence-corrected chi connectivity index (χ1v) is 16.7. The second-order valence-corrected chi connectivity index (χ2v) is 12.9. The maximum absolute atomic E-state index is 13.6. The third-order valence-electron chi connectivity index (χ3n) is 6.73. The lowest BCUT2D eigenvalue weighted by atomic mass is 10.1. The van der Waals surface area contributed by atoms with Gasteiger partial charge < -0.3 is 25.4 Å². The maximum Gasteiger partial charge on any atom is 0.272 e. The molecule has 13 heteroatoms. The molecule has 0 aliphatic carbocycles. The molecule has 0 heterocycles. The summed E-state index contributed by atoms with van der Waals surface area (Å²) in [6.45, 7) is 1.87. The number of rotatable bonds is 13. The minimum atomic E-state index is -3.85. The van der Waals surface area contributed by atoms with Crippen LogP contribution in [-0.2, 0) is 19.6 Å². The number of thioether (sulfide) groups is 1. The van der Waals surface area contributed by atoms with Gasteiger partial charge in [0.05, 0.1) is 24.4 Å². The van der Waals surface area contributed by atoms with Gasteiger partial charge in [0.15, 0.2) is 11.5 Å². The molecule has 1 atom stereocenters. The van der Waals surface area contributed by atoms with Crippen molar-refractivity contribution < 1.29 is 32.3 Å². The van der Waals surface area contributed by atoms with Crippen LogP contribution in [0.25, 0.3) is 6.08 Å². The highest BCUT2D eigenvalue weighted by atomic mass is 32.2. The first kappa shape index (κ1) is 34.8. The normalized spacial score (nSPS) is 12.0. The zero-order chi connectivity index (χ0) is 34.0. The number of carbonyl (C=O) groups excluding carboxylic acids is 3. The van der Waals surface area contributed by atoms with E-state index in [1.807, 2.05) is 13.0 Å². The highest BCUT2D eigenvalue weighted by Crippen LogP contribution is 2.30. The van der Waals surface area contributed by atoms with Crippen LogP contribution in [0.2, 0.25) is 0 Å². The van der Waals surface area contributed by atoms with Gasteiger partial charge in [0.1, 0.15) is 5.70 Å². The molecule has 1 unspecified atom stereocenters. The predicted octanol–water partition coefficient (Wildman–Crippen LogP) is 5.27. The predicted molar refractivity (Wildman–Crippen MR) is 183 cm³/mol. The molecule has 0 bridgehead atoms. The Morgan fingerprint density at radius 3 is 2.17 bits per heavy atom. The van der Waals surface area contributed by atoms with E-state index in [1.165, 1.54) is 56.3 Å². The fourth-order valence-corrected chi connectivity index (χ4v) is 5.86. The Balaban J connectivity index is 1.52. The molecule has 4 aromatic rings. The molecule has 47 heavy (non-hydrogen) atoms. The van der Waals surface area contributed by atoms with E-state index in [0.717, 1.165) is 0 Å². The minimum absolute atomic E-state index is 0.0107. The van der Waals surface area contributed by atoms with E-state index >= 15 is 0 Å². The van der Waals surface area contributed by atoms with E-state index in [2.05, 4.69) is 16.0 Å². The van der Waals surface area contributed by atoms with Crippen LogP contribution >= 0.6 is 11.8 Å². The van der Waals surface area contributed by atoms with Gasteiger partial charge in [-0.05, 0) is 84.8 Å². The highest BCUT2D eigenvalue weighted by molar-refractivity contribution is 8.00. The second kappa shape index (κ2) is 15.9. The molecule has 0 aliphatic heterocycles. The smallest absolute Gasteiger partial charge is 0.272 e. The number of methoxy groups -OCH3 is 2.